The molecule has 0 radical (unpaired) electrons. The van der Waals surface area contributed by atoms with Crippen molar-refractivity contribution in [3.63, 3.8) is 0 Å². The highest BCUT2D eigenvalue weighted by atomic mass is 16.3. The third-order valence-electron chi connectivity index (χ3n) is 8.75. The quantitative estimate of drug-likeness (QED) is 0.527. The number of nitrogens with zero attached hydrogens (tertiary/aromatic N) is 4. The lowest BCUT2D eigenvalue weighted by Gasteiger charge is -2.42. The molecule has 1 aromatic heterocycles. The van der Waals surface area contributed by atoms with E-state index in [1.807, 2.05) is 0 Å². The van der Waals surface area contributed by atoms with Gasteiger partial charge in [-0.3, -0.25) is 9.69 Å². The third-order valence-corrected chi connectivity index (χ3v) is 8.75. The molecular formula is C30H51N5O2. The Balaban J connectivity index is 1.19. The van der Waals surface area contributed by atoms with Crippen molar-refractivity contribution in [3.05, 3.63) is 17.6 Å². The van der Waals surface area contributed by atoms with Crippen LogP contribution in [0.3, 0.4) is 0 Å². The molecule has 0 aromatic carbocycles. The Labute approximate surface area is 224 Å². The highest BCUT2D eigenvalue weighted by Gasteiger charge is 2.33. The zero-order valence-corrected chi connectivity index (χ0v) is 24.2. The molecule has 1 amide bonds. The van der Waals surface area contributed by atoms with Gasteiger partial charge >= 0.3 is 0 Å². The second-order valence-corrected chi connectivity index (χ2v) is 13.5. The molecule has 3 fully saturated rings. The topological polar surface area (TPSA) is 81.6 Å². The number of carbonyl (C=O) groups excluding carboxylic acids is 1. The minimum absolute atomic E-state index is 0.0652. The summed E-state index contributed by atoms with van der Waals surface area (Å²) < 4.78 is 0. The maximum Gasteiger partial charge on any atom is 0.220 e. The summed E-state index contributed by atoms with van der Waals surface area (Å²) in [6.07, 6.45) is 7.64. The van der Waals surface area contributed by atoms with Crippen molar-refractivity contribution in [2.45, 2.75) is 122 Å². The molecule has 0 spiro atoms. The van der Waals surface area contributed by atoms with Gasteiger partial charge in [0.2, 0.25) is 5.91 Å². The van der Waals surface area contributed by atoms with Crippen molar-refractivity contribution in [2.24, 2.45) is 11.8 Å². The van der Waals surface area contributed by atoms with E-state index >= 15 is 0 Å². The molecule has 1 saturated heterocycles. The predicted molar refractivity (Wildman–Crippen MR) is 150 cm³/mol. The summed E-state index contributed by atoms with van der Waals surface area (Å²) in [6, 6.07) is 2.99. The maximum absolute atomic E-state index is 12.4. The number of nitrogens with one attached hydrogen (secondary N) is 1. The molecule has 2 heterocycles. The molecule has 7 nitrogen and oxygen atoms in total. The number of rotatable bonds is 8. The summed E-state index contributed by atoms with van der Waals surface area (Å²) in [6.45, 7) is 17.6. The van der Waals surface area contributed by atoms with Crippen LogP contribution in [0.1, 0.15) is 110 Å². The standard InChI is InChI=1S/C30H51N5O2/c1-20(2)26-18-27(33-29(32-26)30(4,5)6)35-14-13-34(19-21(35)3)12-11-23-15-24(16-23)31-28(37)17-22-7-9-25(36)10-8-22/h18,20-25,36H,7-17,19H2,1-6H3,(H,31,37)/t21-,22?,23?,24?,25?/m0/s1. The van der Waals surface area contributed by atoms with Gasteiger partial charge in [0.05, 0.1) is 6.10 Å². The van der Waals surface area contributed by atoms with Crippen molar-refractivity contribution >= 4 is 11.7 Å². The zero-order valence-electron chi connectivity index (χ0n) is 24.2. The van der Waals surface area contributed by atoms with Crippen LogP contribution < -0.4 is 10.2 Å². The molecule has 2 saturated carbocycles. The normalized spacial score (nSPS) is 29.3. The van der Waals surface area contributed by atoms with Gasteiger partial charge in [-0.1, -0.05) is 34.6 Å². The van der Waals surface area contributed by atoms with Gasteiger partial charge in [-0.05, 0) is 76.2 Å². The molecule has 208 valence electrons. The smallest absolute Gasteiger partial charge is 0.220 e. The highest BCUT2D eigenvalue weighted by Crippen LogP contribution is 2.32. The van der Waals surface area contributed by atoms with Gasteiger partial charge in [0.15, 0.2) is 0 Å². The van der Waals surface area contributed by atoms with Crippen LogP contribution in [-0.2, 0) is 10.2 Å². The number of aliphatic hydroxyl groups excluding tert-OH is 1. The molecule has 1 atom stereocenters. The fourth-order valence-electron chi connectivity index (χ4n) is 6.16. The van der Waals surface area contributed by atoms with Crippen LogP contribution >= 0.6 is 0 Å². The molecule has 2 N–H and O–H groups in total. The number of amides is 1. The lowest BCUT2D eigenvalue weighted by atomic mass is 9.77. The molecule has 3 aliphatic rings. The Morgan fingerprint density at radius 2 is 1.81 bits per heavy atom. The predicted octanol–water partition coefficient (Wildman–Crippen LogP) is 4.63. The van der Waals surface area contributed by atoms with Crippen molar-refractivity contribution in [2.75, 3.05) is 31.1 Å². The third kappa shape index (κ3) is 7.66. The maximum atomic E-state index is 12.4. The van der Waals surface area contributed by atoms with Crippen LogP contribution in [0.4, 0.5) is 5.82 Å². The molecular weight excluding hydrogens is 462 g/mol. The molecule has 37 heavy (non-hydrogen) atoms. The van der Waals surface area contributed by atoms with Crippen LogP contribution in [-0.4, -0.2) is 70.2 Å². The van der Waals surface area contributed by atoms with Crippen LogP contribution in [0.2, 0.25) is 0 Å². The first-order chi connectivity index (χ1) is 17.5. The van der Waals surface area contributed by atoms with E-state index < -0.39 is 0 Å². The average molecular weight is 514 g/mol. The van der Waals surface area contributed by atoms with Crippen LogP contribution in [0.5, 0.6) is 0 Å². The fourth-order valence-corrected chi connectivity index (χ4v) is 6.16. The van der Waals surface area contributed by atoms with E-state index in [2.05, 4.69) is 62.7 Å². The lowest BCUT2D eigenvalue weighted by molar-refractivity contribution is -0.124. The van der Waals surface area contributed by atoms with Crippen molar-refractivity contribution in [3.8, 4) is 0 Å². The Morgan fingerprint density at radius 3 is 2.43 bits per heavy atom. The van der Waals surface area contributed by atoms with E-state index in [-0.39, 0.29) is 17.4 Å². The molecule has 2 aliphatic carbocycles. The number of aliphatic hydroxyl groups is 1. The summed E-state index contributed by atoms with van der Waals surface area (Å²) in [5, 5.41) is 12.9. The second-order valence-electron chi connectivity index (χ2n) is 13.5. The van der Waals surface area contributed by atoms with Crippen molar-refractivity contribution in [1.29, 1.82) is 0 Å². The molecule has 1 aliphatic heterocycles. The summed E-state index contributed by atoms with van der Waals surface area (Å²) in [7, 11) is 0. The van der Waals surface area contributed by atoms with E-state index in [1.165, 1.54) is 6.42 Å². The number of carbonyl (C=O) groups is 1. The van der Waals surface area contributed by atoms with Crippen LogP contribution in [0, 0.1) is 11.8 Å². The molecule has 7 heteroatoms. The van der Waals surface area contributed by atoms with Gasteiger partial charge < -0.3 is 15.3 Å². The van der Waals surface area contributed by atoms with E-state index in [4.69, 9.17) is 9.97 Å². The van der Waals surface area contributed by atoms with Gasteiger partial charge in [-0.25, -0.2) is 9.97 Å². The Morgan fingerprint density at radius 1 is 1.11 bits per heavy atom. The highest BCUT2D eigenvalue weighted by molar-refractivity contribution is 5.76. The first-order valence-electron chi connectivity index (χ1n) is 14.8. The number of hydrogen-bond acceptors (Lipinski definition) is 6. The average Bonchev–Trinajstić information content (AvgIpc) is 2.81. The summed E-state index contributed by atoms with van der Waals surface area (Å²) in [5.74, 6) is 3.81. The summed E-state index contributed by atoms with van der Waals surface area (Å²) in [5.41, 5.74) is 1.07. The summed E-state index contributed by atoms with van der Waals surface area (Å²) in [4.78, 5) is 27.4. The van der Waals surface area contributed by atoms with Gasteiger partial charge in [0.25, 0.3) is 0 Å². The first-order valence-corrected chi connectivity index (χ1v) is 14.8. The monoisotopic (exact) mass is 513 g/mol. The van der Waals surface area contributed by atoms with Crippen molar-refractivity contribution < 1.29 is 9.90 Å². The Bertz CT molecular complexity index is 900. The number of hydrogen-bond donors (Lipinski definition) is 2. The minimum Gasteiger partial charge on any atom is -0.393 e. The van der Waals surface area contributed by atoms with E-state index in [0.29, 0.717) is 30.3 Å². The molecule has 0 unspecified atom stereocenters. The van der Waals surface area contributed by atoms with E-state index in [1.54, 1.807) is 0 Å². The Hall–Kier alpha value is -1.73. The first kappa shape index (κ1) is 28.3. The van der Waals surface area contributed by atoms with Gasteiger partial charge in [0.1, 0.15) is 11.6 Å². The lowest BCUT2D eigenvalue weighted by Crippen LogP contribution is -2.53. The molecule has 1 aromatic rings. The van der Waals surface area contributed by atoms with Gasteiger partial charge in [-0.2, -0.15) is 0 Å². The van der Waals surface area contributed by atoms with E-state index in [0.717, 1.165) is 88.0 Å². The number of aromatic nitrogens is 2. The number of anilines is 1. The SMILES string of the molecule is CC(C)c1cc(N2CCN(CCC3CC(NC(=O)CC4CCC(O)CC4)C3)C[C@@H]2C)nc(C(C)(C)C)n1. The van der Waals surface area contributed by atoms with Crippen molar-refractivity contribution in [1.82, 2.24) is 20.2 Å². The van der Waals surface area contributed by atoms with Crippen LogP contribution in [0.25, 0.3) is 0 Å². The number of piperazine rings is 1. The van der Waals surface area contributed by atoms with E-state index in [9.17, 15) is 9.90 Å². The summed E-state index contributed by atoms with van der Waals surface area (Å²) >= 11 is 0. The molecule has 4 rings (SSSR count). The second kappa shape index (κ2) is 12.0. The molecule has 0 bridgehead atoms. The van der Waals surface area contributed by atoms with Gasteiger partial charge in [0, 0.05) is 55.3 Å². The van der Waals surface area contributed by atoms with Crippen LogP contribution in [0.15, 0.2) is 6.07 Å². The van der Waals surface area contributed by atoms with Gasteiger partial charge in [-0.15, -0.1) is 0 Å². The zero-order chi connectivity index (χ0) is 26.7. The minimum atomic E-state index is -0.149. The fraction of sp³-hybridized carbons (Fsp3) is 0.833. The Kier molecular flexibility index (Phi) is 9.16. The largest absolute Gasteiger partial charge is 0.393 e.